The van der Waals surface area contributed by atoms with Crippen molar-refractivity contribution in [2.24, 2.45) is 5.73 Å². The normalized spacial score (nSPS) is 12.0. The second-order valence-electron chi connectivity index (χ2n) is 2.71. The van der Waals surface area contributed by atoms with E-state index in [0.29, 0.717) is 6.54 Å². The molecule has 5 heteroatoms. The molecule has 68 valence electrons. The summed E-state index contributed by atoms with van der Waals surface area (Å²) in [5.74, 6) is 0. The fraction of sp³-hybridized carbons (Fsp3) is 1.00. The van der Waals surface area contributed by atoms with Crippen molar-refractivity contribution in [2.45, 2.75) is 19.0 Å². The predicted molar refractivity (Wildman–Crippen MR) is 54.7 cm³/mol. The van der Waals surface area contributed by atoms with Gasteiger partial charge in [0.15, 0.2) is 0 Å². The molecule has 11 heavy (non-hydrogen) atoms. The van der Waals surface area contributed by atoms with Crippen molar-refractivity contribution in [2.75, 3.05) is 19.6 Å². The summed E-state index contributed by atoms with van der Waals surface area (Å²) in [5, 5.41) is 3.19. The van der Waals surface area contributed by atoms with Crippen LogP contribution in [-0.2, 0) is 0 Å². The van der Waals surface area contributed by atoms with Crippen molar-refractivity contribution in [3.63, 3.8) is 0 Å². The molecule has 3 N–H and O–H groups in total. The fourth-order valence-electron chi connectivity index (χ4n) is 0.751. The summed E-state index contributed by atoms with van der Waals surface area (Å²) in [6, 6.07) is 0.952. The molecule has 0 unspecified atom stereocenters. The zero-order valence-corrected chi connectivity index (χ0v) is 9.38. The Morgan fingerprint density at radius 1 is 1.36 bits per heavy atom. The van der Waals surface area contributed by atoms with Crippen molar-refractivity contribution >= 4 is 28.9 Å². The third kappa shape index (κ3) is 10.7. The van der Waals surface area contributed by atoms with Gasteiger partial charge in [-0.25, -0.2) is 0 Å². The Labute approximate surface area is 78.9 Å². The summed E-state index contributed by atoms with van der Waals surface area (Å²) < 4.78 is 0. The van der Waals surface area contributed by atoms with E-state index in [1.165, 1.54) is 0 Å². The molecule has 0 spiro atoms. The summed E-state index contributed by atoms with van der Waals surface area (Å²) in [6.45, 7) is 2.64. The first-order valence-electron chi connectivity index (χ1n) is 3.85. The Morgan fingerprint density at radius 3 is 2.45 bits per heavy atom. The Hall–Kier alpha value is 0.717. The number of nitrogens with one attached hydrogen (secondary N) is 1. The minimum atomic E-state index is -1.84. The smallest absolute Gasteiger partial charge is 0.248 e. The summed E-state index contributed by atoms with van der Waals surface area (Å²) in [6.07, 6.45) is 1.05. The van der Waals surface area contributed by atoms with Crippen LogP contribution in [0.2, 0.25) is 12.6 Å². The first kappa shape index (κ1) is 11.7. The van der Waals surface area contributed by atoms with Crippen LogP contribution in [0.3, 0.4) is 0 Å². The van der Waals surface area contributed by atoms with Gasteiger partial charge in [0.25, 0.3) is 0 Å². The molecule has 0 fully saturated rings. The third-order valence-corrected chi connectivity index (χ3v) is 3.66. The molecule has 0 aliphatic carbocycles. The van der Waals surface area contributed by atoms with Crippen LogP contribution in [0.25, 0.3) is 0 Å². The molecule has 0 radical (unpaired) electrons. The number of nitrogens with two attached hydrogens (primary N) is 1. The van der Waals surface area contributed by atoms with E-state index in [1.54, 1.807) is 0 Å². The summed E-state index contributed by atoms with van der Waals surface area (Å²) in [4.78, 5) is 0. The van der Waals surface area contributed by atoms with E-state index in [1.807, 2.05) is 6.55 Å². The summed E-state index contributed by atoms with van der Waals surface area (Å²) in [5.41, 5.74) is 5.29. The molecule has 0 atom stereocenters. The molecule has 0 aromatic heterocycles. The Bertz CT molecular complexity index is 95.1. The van der Waals surface area contributed by atoms with Crippen LogP contribution in [0.5, 0.6) is 0 Å². The van der Waals surface area contributed by atoms with Crippen LogP contribution in [0.4, 0.5) is 0 Å². The van der Waals surface area contributed by atoms with E-state index in [-0.39, 0.29) is 0 Å². The maximum atomic E-state index is 5.90. The first-order chi connectivity index (χ1) is 5.06. The third-order valence-electron chi connectivity index (χ3n) is 1.29. The van der Waals surface area contributed by atoms with Gasteiger partial charge in [-0.3, -0.25) is 0 Å². The van der Waals surface area contributed by atoms with E-state index in [0.717, 1.165) is 25.6 Å². The highest BCUT2D eigenvalue weighted by molar-refractivity contribution is 7.44. The minimum Gasteiger partial charge on any atom is -0.329 e. The molecule has 2 nitrogen and oxygen atoms in total. The molecule has 0 rings (SSSR count). The zero-order chi connectivity index (χ0) is 8.74. The minimum absolute atomic E-state index is 0.691. The number of rotatable bonds is 6. The van der Waals surface area contributed by atoms with Crippen LogP contribution in [0.1, 0.15) is 6.42 Å². The first-order valence-corrected chi connectivity index (χ1v) is 8.58. The maximum absolute atomic E-state index is 5.90. The molecule has 0 aromatic carbocycles. The molecule has 0 saturated carbocycles. The molecular weight excluding hydrogens is 199 g/mol. The van der Waals surface area contributed by atoms with Gasteiger partial charge in [0.05, 0.1) is 0 Å². The lowest BCUT2D eigenvalue weighted by Gasteiger charge is -2.09. The lowest BCUT2D eigenvalue weighted by atomic mass is 10.5. The van der Waals surface area contributed by atoms with Crippen LogP contribution >= 0.6 is 22.2 Å². The fourth-order valence-corrected chi connectivity index (χ4v) is 2.35. The topological polar surface area (TPSA) is 38.0 Å². The highest BCUT2D eigenvalue weighted by Gasteiger charge is 2.19. The van der Waals surface area contributed by atoms with Crippen molar-refractivity contribution in [3.05, 3.63) is 0 Å². The van der Waals surface area contributed by atoms with Crippen LogP contribution in [0.15, 0.2) is 0 Å². The van der Waals surface area contributed by atoms with Gasteiger partial charge >= 0.3 is 0 Å². The molecule has 0 bridgehead atoms. The van der Waals surface area contributed by atoms with Gasteiger partial charge in [-0.15, -0.1) is 22.2 Å². The van der Waals surface area contributed by atoms with Gasteiger partial charge in [-0.2, -0.15) is 0 Å². The second kappa shape index (κ2) is 6.26. The molecule has 0 aliphatic heterocycles. The van der Waals surface area contributed by atoms with Crippen molar-refractivity contribution in [1.29, 1.82) is 0 Å². The molecule has 0 amide bonds. The second-order valence-corrected chi connectivity index (χ2v) is 10.9. The van der Waals surface area contributed by atoms with Gasteiger partial charge in [-0.1, -0.05) is 0 Å². The molecule has 0 heterocycles. The monoisotopic (exact) mass is 214 g/mol. The highest BCUT2D eigenvalue weighted by Crippen LogP contribution is 2.20. The van der Waals surface area contributed by atoms with E-state index >= 15 is 0 Å². The van der Waals surface area contributed by atoms with E-state index < -0.39 is 6.69 Å². The number of halogens is 2. The molecule has 0 aliphatic rings. The Morgan fingerprint density at radius 2 is 2.00 bits per heavy atom. The van der Waals surface area contributed by atoms with E-state index in [2.05, 4.69) is 5.32 Å². The SMILES string of the molecule is C[Si](Cl)(Cl)CCCNCCN. The van der Waals surface area contributed by atoms with Crippen molar-refractivity contribution < 1.29 is 0 Å². The number of hydrogen-bond donors (Lipinski definition) is 2. The quantitative estimate of drug-likeness (QED) is 0.400. The largest absolute Gasteiger partial charge is 0.329 e. The lowest BCUT2D eigenvalue weighted by Crippen LogP contribution is -2.24. The Balaban J connectivity index is 3.02. The van der Waals surface area contributed by atoms with Crippen LogP contribution in [0, 0.1) is 0 Å². The van der Waals surface area contributed by atoms with Crippen molar-refractivity contribution in [1.82, 2.24) is 5.32 Å². The number of hydrogen-bond acceptors (Lipinski definition) is 2. The van der Waals surface area contributed by atoms with Crippen LogP contribution in [-0.4, -0.2) is 26.3 Å². The van der Waals surface area contributed by atoms with E-state index in [4.69, 9.17) is 27.9 Å². The van der Waals surface area contributed by atoms with Crippen molar-refractivity contribution in [3.8, 4) is 0 Å². The molecule has 0 saturated heterocycles. The average Bonchev–Trinajstić information content (AvgIpc) is 1.85. The van der Waals surface area contributed by atoms with Crippen LogP contribution < -0.4 is 11.1 Å². The van der Waals surface area contributed by atoms with Gasteiger partial charge in [0, 0.05) is 13.1 Å². The van der Waals surface area contributed by atoms with E-state index in [9.17, 15) is 0 Å². The maximum Gasteiger partial charge on any atom is 0.248 e. The summed E-state index contributed by atoms with van der Waals surface area (Å²) in [7, 11) is 0. The molecular formula is C6H16Cl2N2Si. The average molecular weight is 215 g/mol. The lowest BCUT2D eigenvalue weighted by molar-refractivity contribution is 0.676. The van der Waals surface area contributed by atoms with Gasteiger partial charge in [0.2, 0.25) is 6.69 Å². The predicted octanol–water partition coefficient (Wildman–Crippen LogP) is 1.47. The summed E-state index contributed by atoms with van der Waals surface area (Å²) >= 11 is 11.8. The Kier molecular flexibility index (Phi) is 6.66. The van der Waals surface area contributed by atoms with Gasteiger partial charge in [0.1, 0.15) is 0 Å². The zero-order valence-electron chi connectivity index (χ0n) is 6.87. The standard InChI is InChI=1S/C6H16Cl2N2Si/c1-11(7,8)6-2-4-10-5-3-9/h10H,2-6,9H2,1H3. The molecule has 0 aromatic rings. The highest BCUT2D eigenvalue weighted by atomic mass is 35.7. The van der Waals surface area contributed by atoms with Gasteiger partial charge < -0.3 is 11.1 Å². The van der Waals surface area contributed by atoms with Gasteiger partial charge in [-0.05, 0) is 25.6 Å².